The van der Waals surface area contributed by atoms with E-state index < -0.39 is 0 Å². The topological polar surface area (TPSA) is 71.8 Å². The largest absolute Gasteiger partial charge is 0.331 e. The van der Waals surface area contributed by atoms with Crippen molar-refractivity contribution in [3.63, 3.8) is 0 Å². The molecule has 24 heavy (non-hydrogen) atoms. The number of aryl methyl sites for hydroxylation is 1. The summed E-state index contributed by atoms with van der Waals surface area (Å²) in [6, 6.07) is 13.4. The standard InChI is InChI=1S/C18H19N5O/c1-13(20-18(24)21-17-9-11-23(2)22-17)14-5-7-15(8-6-14)16-4-3-10-19-12-16/h3-13H,1-2H3,(H2,20,21,22,24)/t13-/m1/s1. The van der Waals surface area contributed by atoms with Gasteiger partial charge in [-0.25, -0.2) is 4.79 Å². The van der Waals surface area contributed by atoms with E-state index in [2.05, 4.69) is 20.7 Å². The van der Waals surface area contributed by atoms with Crippen LogP contribution >= 0.6 is 0 Å². The molecule has 3 rings (SSSR count). The molecular formula is C18H19N5O. The molecule has 0 aliphatic rings. The molecule has 6 nitrogen and oxygen atoms in total. The molecule has 0 fully saturated rings. The Bertz CT molecular complexity index is 811. The fourth-order valence-electron chi connectivity index (χ4n) is 2.41. The normalized spacial score (nSPS) is 11.8. The Balaban J connectivity index is 1.62. The van der Waals surface area contributed by atoms with Gasteiger partial charge in [-0.05, 0) is 29.7 Å². The van der Waals surface area contributed by atoms with E-state index in [-0.39, 0.29) is 12.1 Å². The Labute approximate surface area is 140 Å². The lowest BCUT2D eigenvalue weighted by Crippen LogP contribution is -2.31. The minimum atomic E-state index is -0.280. The Morgan fingerprint density at radius 1 is 1.12 bits per heavy atom. The van der Waals surface area contributed by atoms with Crippen LogP contribution in [0.1, 0.15) is 18.5 Å². The number of aromatic nitrogens is 3. The van der Waals surface area contributed by atoms with Gasteiger partial charge in [-0.1, -0.05) is 30.3 Å². The van der Waals surface area contributed by atoms with Crippen molar-refractivity contribution >= 4 is 11.8 Å². The first kappa shape index (κ1) is 15.7. The SMILES string of the molecule is C[C@@H](NC(=O)Nc1ccn(C)n1)c1ccc(-c2cccnc2)cc1. The summed E-state index contributed by atoms with van der Waals surface area (Å²) in [5.74, 6) is 0.522. The zero-order valence-electron chi connectivity index (χ0n) is 13.6. The van der Waals surface area contributed by atoms with Crippen molar-refractivity contribution in [3.8, 4) is 11.1 Å². The van der Waals surface area contributed by atoms with E-state index in [1.165, 1.54) is 0 Å². The zero-order chi connectivity index (χ0) is 16.9. The van der Waals surface area contributed by atoms with Crippen LogP contribution in [0.25, 0.3) is 11.1 Å². The van der Waals surface area contributed by atoms with Gasteiger partial charge in [0.05, 0.1) is 6.04 Å². The van der Waals surface area contributed by atoms with Crippen molar-refractivity contribution in [2.45, 2.75) is 13.0 Å². The van der Waals surface area contributed by atoms with Crippen molar-refractivity contribution in [1.29, 1.82) is 0 Å². The molecule has 0 unspecified atom stereocenters. The van der Waals surface area contributed by atoms with Gasteiger partial charge >= 0.3 is 6.03 Å². The first-order chi connectivity index (χ1) is 11.6. The Hall–Kier alpha value is -3.15. The fraction of sp³-hybridized carbons (Fsp3) is 0.167. The van der Waals surface area contributed by atoms with Gasteiger partial charge in [0.25, 0.3) is 0 Å². The maximum atomic E-state index is 12.0. The average molecular weight is 321 g/mol. The Kier molecular flexibility index (Phi) is 4.56. The Morgan fingerprint density at radius 2 is 1.92 bits per heavy atom. The monoisotopic (exact) mass is 321 g/mol. The third-order valence-corrected chi connectivity index (χ3v) is 3.71. The summed E-state index contributed by atoms with van der Waals surface area (Å²) in [6.45, 7) is 1.94. The quantitative estimate of drug-likeness (QED) is 0.774. The molecule has 3 aromatic rings. The van der Waals surface area contributed by atoms with E-state index in [1.54, 1.807) is 30.2 Å². The van der Waals surface area contributed by atoms with Crippen LogP contribution in [0.4, 0.5) is 10.6 Å². The maximum absolute atomic E-state index is 12.0. The summed E-state index contributed by atoms with van der Waals surface area (Å²) in [5.41, 5.74) is 3.19. The molecule has 6 heteroatoms. The van der Waals surface area contributed by atoms with Crippen molar-refractivity contribution in [2.75, 3.05) is 5.32 Å². The number of urea groups is 1. The molecule has 1 atom stereocenters. The minimum absolute atomic E-state index is 0.114. The van der Waals surface area contributed by atoms with Gasteiger partial charge in [0.15, 0.2) is 5.82 Å². The molecule has 2 heterocycles. The van der Waals surface area contributed by atoms with Gasteiger partial charge in [-0.2, -0.15) is 5.10 Å². The lowest BCUT2D eigenvalue weighted by atomic mass is 10.0. The number of carbonyl (C=O) groups is 1. The number of hydrogen-bond donors (Lipinski definition) is 2. The highest BCUT2D eigenvalue weighted by Crippen LogP contribution is 2.21. The van der Waals surface area contributed by atoms with E-state index in [1.807, 2.05) is 49.5 Å². The number of amides is 2. The predicted molar refractivity (Wildman–Crippen MR) is 93.5 cm³/mol. The van der Waals surface area contributed by atoms with Crippen molar-refractivity contribution in [1.82, 2.24) is 20.1 Å². The molecule has 2 aromatic heterocycles. The van der Waals surface area contributed by atoms with Gasteiger partial charge in [-0.3, -0.25) is 15.0 Å². The summed E-state index contributed by atoms with van der Waals surface area (Å²) < 4.78 is 1.64. The zero-order valence-corrected chi connectivity index (χ0v) is 13.6. The van der Waals surface area contributed by atoms with Crippen LogP contribution in [-0.4, -0.2) is 20.8 Å². The second kappa shape index (κ2) is 6.95. The molecule has 1 aromatic carbocycles. The minimum Gasteiger partial charge on any atom is -0.331 e. The molecular weight excluding hydrogens is 302 g/mol. The second-order valence-corrected chi connectivity index (χ2v) is 5.56. The number of anilines is 1. The van der Waals surface area contributed by atoms with Crippen LogP contribution in [0.2, 0.25) is 0 Å². The molecule has 0 bridgehead atoms. The fourth-order valence-corrected chi connectivity index (χ4v) is 2.41. The average Bonchev–Trinajstić information content (AvgIpc) is 3.00. The van der Waals surface area contributed by atoms with Crippen molar-refractivity contribution < 1.29 is 4.79 Å². The first-order valence-corrected chi connectivity index (χ1v) is 7.69. The van der Waals surface area contributed by atoms with E-state index in [4.69, 9.17) is 0 Å². The van der Waals surface area contributed by atoms with E-state index in [0.717, 1.165) is 16.7 Å². The molecule has 2 amide bonds. The summed E-state index contributed by atoms with van der Waals surface area (Å²) in [5, 5.41) is 9.73. The molecule has 122 valence electrons. The van der Waals surface area contributed by atoms with Crippen LogP contribution in [0.15, 0.2) is 61.1 Å². The van der Waals surface area contributed by atoms with Gasteiger partial charge < -0.3 is 5.32 Å². The van der Waals surface area contributed by atoms with Gasteiger partial charge in [0.2, 0.25) is 0 Å². The van der Waals surface area contributed by atoms with Crippen molar-refractivity contribution in [3.05, 3.63) is 66.6 Å². The summed E-state index contributed by atoms with van der Waals surface area (Å²) >= 11 is 0. The highest BCUT2D eigenvalue weighted by molar-refractivity contribution is 5.88. The lowest BCUT2D eigenvalue weighted by Gasteiger charge is -2.15. The third-order valence-electron chi connectivity index (χ3n) is 3.71. The Morgan fingerprint density at radius 3 is 2.54 bits per heavy atom. The van der Waals surface area contributed by atoms with Crippen LogP contribution in [0.5, 0.6) is 0 Å². The van der Waals surface area contributed by atoms with Crippen LogP contribution in [-0.2, 0) is 7.05 Å². The van der Waals surface area contributed by atoms with Gasteiger partial charge in [0, 0.05) is 31.7 Å². The molecule has 0 saturated carbocycles. The molecule has 0 aliphatic carbocycles. The summed E-state index contributed by atoms with van der Waals surface area (Å²) in [6.07, 6.45) is 5.36. The van der Waals surface area contributed by atoms with Gasteiger partial charge in [0.1, 0.15) is 0 Å². The van der Waals surface area contributed by atoms with Crippen LogP contribution in [0.3, 0.4) is 0 Å². The molecule has 0 spiro atoms. The van der Waals surface area contributed by atoms with E-state index >= 15 is 0 Å². The van der Waals surface area contributed by atoms with Crippen LogP contribution in [0, 0.1) is 0 Å². The maximum Gasteiger partial charge on any atom is 0.320 e. The number of rotatable bonds is 4. The number of nitrogens with one attached hydrogen (secondary N) is 2. The summed E-state index contributed by atoms with van der Waals surface area (Å²) in [7, 11) is 1.80. The third kappa shape index (κ3) is 3.78. The van der Waals surface area contributed by atoms with Gasteiger partial charge in [-0.15, -0.1) is 0 Å². The number of benzene rings is 1. The number of nitrogens with zero attached hydrogens (tertiary/aromatic N) is 3. The molecule has 2 N–H and O–H groups in total. The smallest absolute Gasteiger partial charge is 0.320 e. The molecule has 0 aliphatic heterocycles. The first-order valence-electron chi connectivity index (χ1n) is 7.69. The predicted octanol–water partition coefficient (Wildman–Crippen LogP) is 3.36. The second-order valence-electron chi connectivity index (χ2n) is 5.56. The molecule has 0 radical (unpaired) electrons. The number of pyridine rings is 1. The molecule has 0 saturated heterocycles. The lowest BCUT2D eigenvalue weighted by molar-refractivity contribution is 0.249. The number of carbonyl (C=O) groups excluding carboxylic acids is 1. The number of hydrogen-bond acceptors (Lipinski definition) is 3. The van der Waals surface area contributed by atoms with E-state index in [9.17, 15) is 4.79 Å². The summed E-state index contributed by atoms with van der Waals surface area (Å²) in [4.78, 5) is 16.1. The highest BCUT2D eigenvalue weighted by Gasteiger charge is 2.10. The van der Waals surface area contributed by atoms with Crippen LogP contribution < -0.4 is 10.6 Å². The van der Waals surface area contributed by atoms with E-state index in [0.29, 0.717) is 5.82 Å². The highest BCUT2D eigenvalue weighted by atomic mass is 16.2. The van der Waals surface area contributed by atoms with Crippen molar-refractivity contribution in [2.24, 2.45) is 7.05 Å².